The summed E-state index contributed by atoms with van der Waals surface area (Å²) >= 11 is 1.69. The summed E-state index contributed by atoms with van der Waals surface area (Å²) in [6.45, 7) is 20.0. The maximum atomic E-state index is 13.0. The van der Waals surface area contributed by atoms with E-state index in [1.54, 1.807) is 11.3 Å². The van der Waals surface area contributed by atoms with Gasteiger partial charge >= 0.3 is 13.1 Å². The van der Waals surface area contributed by atoms with E-state index < -0.39 is 30.0 Å². The molecule has 206 valence electrons. The van der Waals surface area contributed by atoms with E-state index in [2.05, 4.69) is 63.9 Å². The summed E-state index contributed by atoms with van der Waals surface area (Å²) in [5, 5.41) is 9.85. The Morgan fingerprint density at radius 1 is 1.05 bits per heavy atom. The van der Waals surface area contributed by atoms with Crippen molar-refractivity contribution in [1.29, 1.82) is 0 Å². The Balaban J connectivity index is 1.59. The van der Waals surface area contributed by atoms with Crippen LogP contribution in [0.5, 0.6) is 0 Å². The number of thiophene rings is 1. The number of ether oxygens (including phenoxy) is 1. The highest BCUT2D eigenvalue weighted by molar-refractivity contribution is 7.15. The lowest BCUT2D eigenvalue weighted by Crippen LogP contribution is -2.41. The fraction of sp³-hybridized carbons (Fsp3) is 0.517. The Bertz CT molecular complexity index is 1450. The van der Waals surface area contributed by atoms with Gasteiger partial charge in [0.15, 0.2) is 5.82 Å². The minimum absolute atomic E-state index is 0.0673. The van der Waals surface area contributed by atoms with Crippen LogP contribution in [0.1, 0.15) is 94.1 Å². The molecule has 0 bridgehead atoms. The molecule has 8 nitrogen and oxygen atoms in total. The summed E-state index contributed by atoms with van der Waals surface area (Å²) < 4.78 is 20.2. The molecule has 1 atom stereocenters. The van der Waals surface area contributed by atoms with Crippen LogP contribution in [0.15, 0.2) is 29.3 Å². The van der Waals surface area contributed by atoms with Gasteiger partial charge in [0.1, 0.15) is 22.5 Å². The first-order valence-corrected chi connectivity index (χ1v) is 14.2. The third kappa shape index (κ3) is 4.98. The van der Waals surface area contributed by atoms with Gasteiger partial charge < -0.3 is 14.0 Å². The summed E-state index contributed by atoms with van der Waals surface area (Å²) in [4.78, 5) is 19.3. The zero-order valence-corrected chi connectivity index (χ0v) is 25.3. The molecule has 5 rings (SSSR count). The Kier molecular flexibility index (Phi) is 6.68. The number of carbonyl (C=O) groups excluding carboxylic acids is 1. The van der Waals surface area contributed by atoms with Crippen LogP contribution in [0, 0.1) is 20.8 Å². The average Bonchev–Trinajstić information content (AvgIpc) is 3.37. The fourth-order valence-electron chi connectivity index (χ4n) is 4.84. The molecule has 2 aliphatic rings. The Hall–Kier alpha value is -2.82. The molecular weight excluding hydrogens is 511 g/mol. The molecule has 4 heterocycles. The van der Waals surface area contributed by atoms with Crippen molar-refractivity contribution >= 4 is 35.6 Å². The molecule has 0 radical (unpaired) electrons. The monoisotopic (exact) mass is 548 g/mol. The van der Waals surface area contributed by atoms with E-state index in [0.29, 0.717) is 5.82 Å². The molecule has 39 heavy (non-hydrogen) atoms. The van der Waals surface area contributed by atoms with Gasteiger partial charge in [0, 0.05) is 16.0 Å². The van der Waals surface area contributed by atoms with Gasteiger partial charge in [-0.05, 0) is 80.3 Å². The van der Waals surface area contributed by atoms with Crippen molar-refractivity contribution in [3.8, 4) is 5.00 Å². The fourth-order valence-corrected chi connectivity index (χ4v) is 6.06. The largest absolute Gasteiger partial charge is 0.494 e. The van der Waals surface area contributed by atoms with Crippen molar-refractivity contribution in [3.63, 3.8) is 0 Å². The standard InChI is InChI=1S/C29H37BN4O4S/c1-16-17(2)39-26-23(16)24(19-11-13-20(14-12-19)30-37-28(7,8)29(9,10)38-30)31-21(15-22(35)36-27(4,5)6)25-33-32-18(3)34(25)26/h11-14,21H,15H2,1-10H3/t21-/m0/s1. The van der Waals surface area contributed by atoms with Gasteiger partial charge in [0.25, 0.3) is 0 Å². The summed E-state index contributed by atoms with van der Waals surface area (Å²) in [6.07, 6.45) is 0.0673. The third-order valence-corrected chi connectivity index (χ3v) is 8.92. The number of fused-ring (bicyclic) bond motifs is 3. The van der Waals surface area contributed by atoms with Crippen LogP contribution in [-0.4, -0.2) is 50.4 Å². The number of hydrogen-bond acceptors (Lipinski definition) is 8. The molecular formula is C29H37BN4O4S. The molecule has 2 aromatic heterocycles. The van der Waals surface area contributed by atoms with Gasteiger partial charge in [-0.3, -0.25) is 14.4 Å². The summed E-state index contributed by atoms with van der Waals surface area (Å²) in [7, 11) is -0.445. The third-order valence-electron chi connectivity index (χ3n) is 7.73. The van der Waals surface area contributed by atoms with Crippen molar-refractivity contribution in [3.05, 3.63) is 57.5 Å². The molecule has 10 heteroatoms. The smallest absolute Gasteiger partial charge is 0.460 e. The van der Waals surface area contributed by atoms with E-state index in [9.17, 15) is 4.79 Å². The minimum Gasteiger partial charge on any atom is -0.460 e. The molecule has 0 spiro atoms. The number of esters is 1. The first-order valence-electron chi connectivity index (χ1n) is 13.4. The molecule has 0 saturated carbocycles. The van der Waals surface area contributed by atoms with E-state index in [-0.39, 0.29) is 12.4 Å². The van der Waals surface area contributed by atoms with E-state index in [1.807, 2.05) is 44.4 Å². The van der Waals surface area contributed by atoms with Crippen LogP contribution in [0.2, 0.25) is 0 Å². The van der Waals surface area contributed by atoms with E-state index >= 15 is 0 Å². The maximum Gasteiger partial charge on any atom is 0.494 e. The maximum absolute atomic E-state index is 13.0. The number of benzene rings is 1. The lowest BCUT2D eigenvalue weighted by atomic mass is 9.78. The first-order chi connectivity index (χ1) is 18.1. The predicted molar refractivity (Wildman–Crippen MR) is 154 cm³/mol. The number of hydrogen-bond donors (Lipinski definition) is 0. The van der Waals surface area contributed by atoms with E-state index in [1.165, 1.54) is 4.88 Å². The van der Waals surface area contributed by atoms with E-state index in [4.69, 9.17) is 19.0 Å². The van der Waals surface area contributed by atoms with Gasteiger partial charge in [-0.15, -0.1) is 21.5 Å². The van der Waals surface area contributed by atoms with Gasteiger partial charge in [-0.2, -0.15) is 0 Å². The van der Waals surface area contributed by atoms with Crippen LogP contribution >= 0.6 is 11.3 Å². The van der Waals surface area contributed by atoms with Crippen LogP contribution in [-0.2, 0) is 18.8 Å². The molecule has 0 unspecified atom stereocenters. The number of carbonyl (C=O) groups is 1. The van der Waals surface area contributed by atoms with Crippen molar-refractivity contribution in [1.82, 2.24) is 14.8 Å². The Labute approximate surface area is 234 Å². The van der Waals surface area contributed by atoms with Crippen LogP contribution < -0.4 is 5.46 Å². The molecule has 1 aromatic carbocycles. The minimum atomic E-state index is -0.590. The second kappa shape index (κ2) is 9.39. The van der Waals surface area contributed by atoms with Gasteiger partial charge in [0.2, 0.25) is 0 Å². The molecule has 0 aliphatic carbocycles. The van der Waals surface area contributed by atoms with Crippen molar-refractivity contribution < 1.29 is 18.8 Å². The highest BCUT2D eigenvalue weighted by Gasteiger charge is 2.51. The predicted octanol–water partition coefficient (Wildman–Crippen LogP) is 5.18. The number of aromatic nitrogens is 3. The van der Waals surface area contributed by atoms with Crippen LogP contribution in [0.3, 0.4) is 0 Å². The molecule has 0 N–H and O–H groups in total. The second-order valence-corrected chi connectivity index (χ2v) is 13.6. The van der Waals surface area contributed by atoms with Crippen molar-refractivity contribution in [2.75, 3.05) is 0 Å². The van der Waals surface area contributed by atoms with Gasteiger partial charge in [-0.1, -0.05) is 24.3 Å². The van der Waals surface area contributed by atoms with Crippen molar-refractivity contribution in [2.24, 2.45) is 4.99 Å². The zero-order chi connectivity index (χ0) is 28.5. The highest BCUT2D eigenvalue weighted by Crippen LogP contribution is 2.40. The number of rotatable bonds is 4. The van der Waals surface area contributed by atoms with Crippen molar-refractivity contribution in [2.45, 2.75) is 98.5 Å². The van der Waals surface area contributed by atoms with Crippen LogP contribution in [0.25, 0.3) is 5.00 Å². The number of aliphatic imine (C=N–C) groups is 1. The number of aryl methyl sites for hydroxylation is 2. The summed E-state index contributed by atoms with van der Waals surface area (Å²) in [5.74, 6) is 1.08. The highest BCUT2D eigenvalue weighted by atomic mass is 32.1. The first kappa shape index (κ1) is 27.7. The second-order valence-electron chi connectivity index (χ2n) is 12.4. The topological polar surface area (TPSA) is 87.8 Å². The average molecular weight is 549 g/mol. The van der Waals surface area contributed by atoms with Gasteiger partial charge in [0.05, 0.1) is 23.3 Å². The normalized spacial score (nSPS) is 19.8. The van der Waals surface area contributed by atoms with Crippen LogP contribution in [0.4, 0.5) is 0 Å². The SMILES string of the molecule is Cc1sc2c(c1C)C(c1ccc(B3OC(C)(C)C(C)(C)O3)cc1)=N[C@@H](CC(=O)OC(C)(C)C)c1nnc(C)n1-2. The molecule has 3 aromatic rings. The zero-order valence-electron chi connectivity index (χ0n) is 24.5. The lowest BCUT2D eigenvalue weighted by molar-refractivity contribution is -0.155. The lowest BCUT2D eigenvalue weighted by Gasteiger charge is -2.32. The summed E-state index contributed by atoms with van der Waals surface area (Å²) in [5.41, 5.74) is 3.49. The molecule has 0 amide bonds. The van der Waals surface area contributed by atoms with E-state index in [0.717, 1.165) is 38.7 Å². The Morgan fingerprint density at radius 3 is 2.26 bits per heavy atom. The summed E-state index contributed by atoms with van der Waals surface area (Å²) in [6, 6.07) is 7.64. The molecule has 2 aliphatic heterocycles. The van der Waals surface area contributed by atoms with Gasteiger partial charge in [-0.25, -0.2) is 0 Å². The number of nitrogens with zero attached hydrogens (tertiary/aromatic N) is 4. The quantitative estimate of drug-likeness (QED) is 0.330. The molecule has 1 fully saturated rings. The Morgan fingerprint density at radius 2 is 1.67 bits per heavy atom. The molecule has 1 saturated heterocycles.